The number of hydrogen-bond acceptors (Lipinski definition) is 24. The Hall–Kier alpha value is -5.33. The van der Waals surface area contributed by atoms with Gasteiger partial charge in [-0.05, 0) is 257 Å². The van der Waals surface area contributed by atoms with Crippen molar-refractivity contribution in [1.29, 1.82) is 0 Å². The number of aryl methyl sites for hydroxylation is 3. The first-order valence-electron chi connectivity index (χ1n) is 53.3. The maximum Gasteiger partial charge on any atom is 0.494 e. The van der Waals surface area contributed by atoms with Crippen LogP contribution in [0.1, 0.15) is 177 Å². The summed E-state index contributed by atoms with van der Waals surface area (Å²) in [6.07, 6.45) is 3.12. The van der Waals surface area contributed by atoms with E-state index < -0.39 is 67.5 Å². The van der Waals surface area contributed by atoms with Gasteiger partial charge < -0.3 is 84.5 Å². The van der Waals surface area contributed by atoms with Gasteiger partial charge in [0.15, 0.2) is 60.2 Å². The smallest absolute Gasteiger partial charge is 0.494 e. The molecule has 818 valence electrons. The van der Waals surface area contributed by atoms with Crippen molar-refractivity contribution in [3.63, 3.8) is 0 Å². The van der Waals surface area contributed by atoms with Crippen LogP contribution in [0.5, 0.6) is 23.8 Å². The van der Waals surface area contributed by atoms with E-state index in [4.69, 9.17) is 144 Å². The number of nitrogens with zero attached hydrogens (tertiary/aromatic N) is 9. The van der Waals surface area contributed by atoms with Crippen molar-refractivity contribution in [2.45, 2.75) is 402 Å². The van der Waals surface area contributed by atoms with Gasteiger partial charge in [-0.15, -0.1) is 0 Å². The SMILES string of the molecule is CC(C)(C)[Si](C)(C)O[C@@H]1CO[C@H]2[C@@H]1OC[C@H]2Oc1nc2cc(Cl)c(CC3CCc4cc(Br)cc(F)c43)nc2n1COCC[Si](C)(C)C.CC(C)(C)[Si](C)(C)O[C@@H]1CO[C@H]2[C@@H]1OC[C@H]2Oc1nc2cc(Cl)c(CC3CCc4cc(O)cc(F)c43)nc2n1COCC[Si](C)(C)C.CC1(C)OB(c2cc(F)c3c(c2)CCC3Cc2nc3c(cc2Cl)nc(O[C@@H]2CO[C@H]4[C@@H]2OC[C@H]4O[Si](C)(C)C(C)(C)C)n3COCC[Si](C)(C)C)OC1(C)C. The molecule has 13 heterocycles. The standard InChI is InChI=1S/C40H60BClFN3O7Si2.C34H48BrClFN3O5Si2.C34H49ClFN3O6Si2/c1-38(2,3)55(11,12)51-32-22-49-34-31(21-48-35(32)34)50-37-45-30-20-27(42)29(44-36(30)46(37)23-47-15-16-54(8,9)10)18-25-14-13-24-17-26(19-28(43)33(24)25)41-52-39(4,5)40(6,7)53-41;1-34(2,3)47(7,8)45-28-18-43-30-27(17-42-31(28)30)44-33-39-26-16-23(36)25(38-32(26)40(33)19-41-11-12-46(4,5)6)14-21-10-9-20-13-22(35)15-24(37)29(20)21;1-34(2,3)47(7,8)45-28-18-43-30-27(17-42-31(28)30)44-33-38-26-16-23(35)25(37-32(26)39(33)19-41-11-12-46(4,5)6)14-21-10-9-20-13-22(40)15-24(36)29(20)21/h17,19-20,25,31-32,34-35H,13-16,18,21-23H2,1-12H3;13,15-16,21,27-28,30-31H,9-12,14,17-19H2,1-8H3;13,15-16,21,27-28,30-31,40H,9-12,14,17-19H2,1-8H3/t25?,31-,32-,34-,35-;2*21?,27-,28-,30-,31-/m111/s1. The molecule has 10 aliphatic rings. The monoisotopic (exact) mass is 2290 g/mol. The molecule has 1 N–H and O–H groups in total. The molecule has 15 atom stereocenters. The van der Waals surface area contributed by atoms with E-state index >= 15 is 8.78 Å². The van der Waals surface area contributed by atoms with Crippen LogP contribution in [0.2, 0.25) is 147 Å². The average molecular weight is 2290 g/mol. The summed E-state index contributed by atoms with van der Waals surface area (Å²) in [4.78, 5) is 29.7. The third-order valence-electron chi connectivity index (χ3n) is 33.2. The fraction of sp³-hybridized carbons (Fsp3) is 0.667. The molecular formula is C108H157BBrCl3F3N9O18Si6. The first-order valence-corrected chi connectivity index (χ1v) is 75.1. The molecule has 3 aromatic carbocycles. The number of rotatable bonds is 34. The van der Waals surface area contributed by atoms with Crippen LogP contribution in [0, 0.1) is 17.5 Å². The number of ether oxygens (including phenoxy) is 12. The number of halogens is 7. The van der Waals surface area contributed by atoms with E-state index in [1.165, 1.54) is 6.07 Å². The maximum atomic E-state index is 16.0. The molecule has 0 saturated carbocycles. The van der Waals surface area contributed by atoms with Crippen LogP contribution in [-0.4, -0.2) is 249 Å². The van der Waals surface area contributed by atoms with Crippen molar-refractivity contribution >= 4 is 146 Å². The van der Waals surface area contributed by atoms with Gasteiger partial charge in [0.25, 0.3) is 0 Å². The summed E-state index contributed by atoms with van der Waals surface area (Å²) < 4.78 is 161. The van der Waals surface area contributed by atoms with Gasteiger partial charge in [0, 0.05) is 54.6 Å². The van der Waals surface area contributed by atoms with E-state index in [-0.39, 0.29) is 150 Å². The number of hydrogen-bond donors (Lipinski definition) is 1. The number of aromatic hydroxyl groups is 1. The fourth-order valence-electron chi connectivity index (χ4n) is 20.6. The van der Waals surface area contributed by atoms with E-state index in [1.807, 2.05) is 65.7 Å². The molecule has 7 fully saturated rings. The highest BCUT2D eigenvalue weighted by Crippen LogP contribution is 2.50. The molecule has 41 heteroatoms. The zero-order valence-electron chi connectivity index (χ0n) is 92.5. The van der Waals surface area contributed by atoms with Crippen molar-refractivity contribution in [3.05, 3.63) is 142 Å². The van der Waals surface area contributed by atoms with E-state index in [0.717, 1.165) is 77.0 Å². The number of imidazole rings is 3. The Morgan fingerprint density at radius 1 is 0.396 bits per heavy atom. The topological polar surface area (TPSA) is 269 Å². The lowest BCUT2D eigenvalue weighted by Gasteiger charge is -2.39. The first-order chi connectivity index (χ1) is 69.5. The molecule has 0 spiro atoms. The molecular weight excluding hydrogens is 2130 g/mol. The van der Waals surface area contributed by atoms with Crippen LogP contribution in [0.25, 0.3) is 33.5 Å². The maximum absolute atomic E-state index is 16.0. The van der Waals surface area contributed by atoms with E-state index in [1.54, 1.807) is 24.3 Å². The zero-order chi connectivity index (χ0) is 108. The molecule has 149 heavy (non-hydrogen) atoms. The third-order valence-corrected chi connectivity index (χ3v) is 53.2. The lowest BCUT2D eigenvalue weighted by atomic mass is 9.77. The second kappa shape index (κ2) is 44.1. The molecule has 27 nitrogen and oxygen atoms in total. The van der Waals surface area contributed by atoms with Gasteiger partial charge >= 0.3 is 25.1 Å². The molecule has 6 aromatic heterocycles. The van der Waals surface area contributed by atoms with Crippen molar-refractivity contribution in [3.8, 4) is 23.8 Å². The first kappa shape index (κ1) is 115. The molecule has 0 radical (unpaired) electrons. The Bertz CT molecular complexity index is 6100. The molecule has 7 aliphatic heterocycles. The second-order valence-corrected chi connectivity index (χ2v) is 85.0. The minimum atomic E-state index is -2.04. The summed E-state index contributed by atoms with van der Waals surface area (Å²) in [5, 5.41) is 11.6. The second-order valence-electron chi connectivity index (χ2n) is 51.7. The lowest BCUT2D eigenvalue weighted by molar-refractivity contribution is 0.00578. The molecule has 0 bridgehead atoms. The Morgan fingerprint density at radius 2 is 0.678 bits per heavy atom. The summed E-state index contributed by atoms with van der Waals surface area (Å²) in [7, 11) is -10.6. The highest BCUT2D eigenvalue weighted by molar-refractivity contribution is 9.10. The predicted molar refractivity (Wildman–Crippen MR) is 596 cm³/mol. The van der Waals surface area contributed by atoms with Gasteiger partial charge in [0.2, 0.25) is 0 Å². The Morgan fingerprint density at radius 3 is 0.987 bits per heavy atom. The predicted octanol–water partition coefficient (Wildman–Crippen LogP) is 24.0. The highest BCUT2D eigenvalue weighted by atomic mass is 79.9. The van der Waals surface area contributed by atoms with Gasteiger partial charge in [-0.1, -0.05) is 178 Å². The van der Waals surface area contributed by atoms with Crippen LogP contribution in [0.3, 0.4) is 0 Å². The van der Waals surface area contributed by atoms with Gasteiger partial charge in [-0.3, -0.25) is 13.7 Å². The molecule has 3 aliphatic carbocycles. The molecule has 19 rings (SSSR count). The van der Waals surface area contributed by atoms with E-state index in [9.17, 15) is 9.50 Å². The van der Waals surface area contributed by atoms with E-state index in [0.29, 0.717) is 185 Å². The van der Waals surface area contributed by atoms with Crippen molar-refractivity contribution < 1.29 is 97.7 Å². The van der Waals surface area contributed by atoms with E-state index in [2.05, 4.69) is 176 Å². The average Bonchev–Trinajstić information content (AvgIpc) is 1.50. The summed E-state index contributed by atoms with van der Waals surface area (Å²) in [5.41, 5.74) is 10.4. The van der Waals surface area contributed by atoms with Gasteiger partial charge in [-0.2, -0.15) is 15.0 Å². The highest BCUT2D eigenvalue weighted by Gasteiger charge is 2.58. The van der Waals surface area contributed by atoms with Gasteiger partial charge in [0.1, 0.15) is 96.6 Å². The number of fused-ring (bicyclic) bond motifs is 9. The minimum absolute atomic E-state index is 0.00536. The van der Waals surface area contributed by atoms with Gasteiger partial charge in [-0.25, -0.2) is 28.1 Å². The summed E-state index contributed by atoms with van der Waals surface area (Å²) in [5.74, 6) is -1.06. The summed E-state index contributed by atoms with van der Waals surface area (Å²) in [6.45, 7) is 67.6. The van der Waals surface area contributed by atoms with Crippen molar-refractivity contribution in [2.24, 2.45) is 0 Å². The number of pyridine rings is 3. The van der Waals surface area contributed by atoms with Crippen LogP contribution < -0.4 is 19.7 Å². The fourth-order valence-corrected chi connectivity index (χ4v) is 27.9. The number of benzene rings is 3. The quantitative estimate of drug-likeness (QED) is 0.0290. The largest absolute Gasteiger partial charge is 0.508 e. The Balaban J connectivity index is 0.000000153. The normalized spacial score (nSPS) is 25.3. The minimum Gasteiger partial charge on any atom is -0.508 e. The Kier molecular flexibility index (Phi) is 34.0. The van der Waals surface area contributed by atoms with Crippen molar-refractivity contribution in [2.75, 3.05) is 59.5 Å². The van der Waals surface area contributed by atoms with Crippen LogP contribution in [0.4, 0.5) is 13.2 Å². The number of phenolic OH excluding ortho intramolecular Hbond substituents is 1. The molecule has 3 unspecified atom stereocenters. The van der Waals surface area contributed by atoms with Crippen molar-refractivity contribution in [1.82, 2.24) is 43.6 Å². The lowest BCUT2D eigenvalue weighted by Crippen LogP contribution is -2.47. The molecule has 0 amide bonds. The molecule has 9 aromatic rings. The third kappa shape index (κ3) is 25.5. The molecule has 7 saturated heterocycles. The van der Waals surface area contributed by atoms with Gasteiger partial charge in [0.05, 0.1) is 101 Å². The number of aromatic nitrogens is 9. The number of phenols is 1. The van der Waals surface area contributed by atoms with Crippen LogP contribution in [-0.2, 0) is 124 Å². The Labute approximate surface area is 907 Å². The van der Waals surface area contributed by atoms with Crippen LogP contribution >= 0.6 is 50.7 Å². The summed E-state index contributed by atoms with van der Waals surface area (Å²) >= 11 is 24.0. The zero-order valence-corrected chi connectivity index (χ0v) is 102. The summed E-state index contributed by atoms with van der Waals surface area (Å²) in [6, 6.07) is 19.7. The van der Waals surface area contributed by atoms with Crippen LogP contribution in [0.15, 0.2) is 59.1 Å².